The fourth-order valence-electron chi connectivity index (χ4n) is 2.98. The van der Waals surface area contributed by atoms with Crippen molar-refractivity contribution in [2.75, 3.05) is 5.32 Å². The Morgan fingerprint density at radius 3 is 2.41 bits per heavy atom. The lowest BCUT2D eigenvalue weighted by Gasteiger charge is -2.24. The lowest BCUT2D eigenvalue weighted by Crippen LogP contribution is -2.36. The monoisotopic (exact) mass is 427 g/mol. The third-order valence-corrected chi connectivity index (χ3v) is 6.06. The van der Waals surface area contributed by atoms with Crippen molar-refractivity contribution in [2.45, 2.75) is 17.9 Å². The van der Waals surface area contributed by atoms with Crippen LogP contribution in [-0.4, -0.2) is 14.4 Å². The number of hydrogen-bond acceptors (Lipinski definition) is 5. The third-order valence-electron chi connectivity index (χ3n) is 4.43. The van der Waals surface area contributed by atoms with Gasteiger partial charge in [-0.1, -0.05) is 60.1 Å². The van der Waals surface area contributed by atoms with Crippen LogP contribution < -0.4 is 15.4 Å². The first kappa shape index (κ1) is 19.3. The van der Waals surface area contributed by atoms with Crippen LogP contribution in [0.3, 0.4) is 0 Å². The molecule has 29 heavy (non-hydrogen) atoms. The van der Waals surface area contributed by atoms with Crippen LogP contribution in [0.1, 0.15) is 18.5 Å². The highest BCUT2D eigenvalue weighted by atomic mass is 35.5. The Kier molecular flexibility index (Phi) is 5.17. The maximum absolute atomic E-state index is 12.7. The van der Waals surface area contributed by atoms with E-state index in [1.165, 1.54) is 6.07 Å². The van der Waals surface area contributed by atoms with Crippen molar-refractivity contribution in [3.8, 4) is 11.5 Å². The summed E-state index contributed by atoms with van der Waals surface area (Å²) in [6, 6.07) is 21.3. The van der Waals surface area contributed by atoms with E-state index in [1.807, 2.05) is 37.3 Å². The first-order valence-electron chi connectivity index (χ1n) is 8.93. The maximum Gasteiger partial charge on any atom is 0.287 e. The molecule has 4 rings (SSSR count). The van der Waals surface area contributed by atoms with E-state index in [0.717, 1.165) is 5.56 Å². The minimum atomic E-state index is -3.89. The molecule has 1 heterocycles. The van der Waals surface area contributed by atoms with Gasteiger partial charge in [-0.15, -0.1) is 4.40 Å². The van der Waals surface area contributed by atoms with Gasteiger partial charge >= 0.3 is 0 Å². The fourth-order valence-corrected chi connectivity index (χ4v) is 4.25. The molecule has 0 bridgehead atoms. The van der Waals surface area contributed by atoms with E-state index in [9.17, 15) is 8.42 Å². The first-order valence-corrected chi connectivity index (χ1v) is 10.7. The van der Waals surface area contributed by atoms with Crippen molar-refractivity contribution in [3.63, 3.8) is 0 Å². The summed E-state index contributed by atoms with van der Waals surface area (Å²) in [6.45, 7) is 1.92. The van der Waals surface area contributed by atoms with E-state index in [0.29, 0.717) is 22.2 Å². The molecule has 2 N–H and O–H groups in total. The second kappa shape index (κ2) is 7.77. The molecule has 0 fully saturated rings. The van der Waals surface area contributed by atoms with Gasteiger partial charge in [-0.25, -0.2) is 0 Å². The van der Waals surface area contributed by atoms with Crippen molar-refractivity contribution in [2.24, 2.45) is 4.40 Å². The second-order valence-corrected chi connectivity index (χ2v) is 8.46. The van der Waals surface area contributed by atoms with Crippen LogP contribution in [-0.2, 0) is 10.0 Å². The van der Waals surface area contributed by atoms with E-state index in [2.05, 4.69) is 15.0 Å². The highest BCUT2D eigenvalue weighted by Crippen LogP contribution is 2.39. The van der Waals surface area contributed by atoms with Crippen LogP contribution in [0, 0.1) is 0 Å². The third kappa shape index (κ3) is 4.06. The molecule has 3 aromatic rings. The Labute approximate surface area is 174 Å². The number of fused-ring (bicyclic) bond motifs is 1. The van der Waals surface area contributed by atoms with Gasteiger partial charge in [-0.05, 0) is 36.8 Å². The van der Waals surface area contributed by atoms with Crippen LogP contribution in [0.4, 0.5) is 5.69 Å². The maximum atomic E-state index is 12.7. The van der Waals surface area contributed by atoms with E-state index >= 15 is 0 Å². The van der Waals surface area contributed by atoms with E-state index in [4.69, 9.17) is 16.3 Å². The molecule has 6 nitrogen and oxygen atoms in total. The zero-order chi connectivity index (χ0) is 20.4. The molecule has 0 amide bonds. The van der Waals surface area contributed by atoms with E-state index < -0.39 is 10.0 Å². The van der Waals surface area contributed by atoms with Gasteiger partial charge in [0, 0.05) is 0 Å². The Balaban J connectivity index is 1.66. The standard InChI is InChI=1S/C21H18ClN3O3S/c1-14(15-8-3-2-4-9-15)23-21-24-20-18(28-17-11-6-5-10-16(17)22)12-7-13-19(20)29(26,27)25-21/h2-14H,1H3,(H2,23,24,25)/t14-/m1/s1. The number of guanidine groups is 1. The number of para-hydroxylation sites is 2. The van der Waals surface area contributed by atoms with Gasteiger partial charge in [-0.3, -0.25) is 0 Å². The molecule has 0 aliphatic carbocycles. The summed E-state index contributed by atoms with van der Waals surface area (Å²) in [5, 5.41) is 6.59. The van der Waals surface area contributed by atoms with E-state index in [1.54, 1.807) is 36.4 Å². The molecule has 0 saturated heterocycles. The average Bonchev–Trinajstić information content (AvgIpc) is 2.70. The molecule has 3 aromatic carbocycles. The molecular formula is C21H18ClN3O3S. The van der Waals surface area contributed by atoms with Crippen LogP contribution in [0.15, 0.2) is 82.1 Å². The highest BCUT2D eigenvalue weighted by molar-refractivity contribution is 7.90. The Hall–Kier alpha value is -3.03. The molecule has 148 valence electrons. The molecule has 8 heteroatoms. The van der Waals surface area contributed by atoms with Crippen molar-refractivity contribution in [3.05, 3.63) is 83.4 Å². The van der Waals surface area contributed by atoms with Crippen molar-refractivity contribution < 1.29 is 13.2 Å². The first-order chi connectivity index (χ1) is 13.9. The quantitative estimate of drug-likeness (QED) is 0.615. The minimum absolute atomic E-state index is 0.0416. The van der Waals surface area contributed by atoms with Crippen LogP contribution in [0.2, 0.25) is 5.02 Å². The lowest BCUT2D eigenvalue weighted by molar-refractivity contribution is 0.483. The predicted octanol–water partition coefficient (Wildman–Crippen LogP) is 4.95. The van der Waals surface area contributed by atoms with Crippen molar-refractivity contribution in [1.82, 2.24) is 5.32 Å². The SMILES string of the molecule is C[C@@H](NC1=NS(=O)(=O)c2cccc(Oc3ccccc3Cl)c2N1)c1ccccc1. The lowest BCUT2D eigenvalue weighted by atomic mass is 10.1. The van der Waals surface area contributed by atoms with Gasteiger partial charge < -0.3 is 15.4 Å². The average molecular weight is 428 g/mol. The number of sulfonamides is 1. The summed E-state index contributed by atoms with van der Waals surface area (Å²) in [4.78, 5) is 0.0416. The van der Waals surface area contributed by atoms with Gasteiger partial charge in [-0.2, -0.15) is 8.42 Å². The molecular weight excluding hydrogens is 410 g/mol. The van der Waals surface area contributed by atoms with Gasteiger partial charge in [0.25, 0.3) is 10.0 Å². The van der Waals surface area contributed by atoms with Gasteiger partial charge in [0.05, 0.1) is 11.1 Å². The molecule has 0 saturated carbocycles. The fraction of sp³-hybridized carbons (Fsp3) is 0.0952. The number of hydrogen-bond donors (Lipinski definition) is 2. The largest absolute Gasteiger partial charge is 0.454 e. The summed E-state index contributed by atoms with van der Waals surface area (Å²) >= 11 is 6.18. The highest BCUT2D eigenvalue weighted by Gasteiger charge is 2.28. The number of ether oxygens (including phenoxy) is 1. The molecule has 1 aliphatic heterocycles. The Bertz CT molecular complexity index is 1180. The zero-order valence-electron chi connectivity index (χ0n) is 15.5. The topological polar surface area (TPSA) is 79.8 Å². The number of nitrogens with zero attached hydrogens (tertiary/aromatic N) is 1. The van der Waals surface area contributed by atoms with Gasteiger partial charge in [0.2, 0.25) is 5.96 Å². The number of benzene rings is 3. The van der Waals surface area contributed by atoms with Crippen LogP contribution in [0.5, 0.6) is 11.5 Å². The summed E-state index contributed by atoms with van der Waals surface area (Å²) in [5.41, 5.74) is 1.31. The second-order valence-electron chi connectivity index (χ2n) is 6.48. The van der Waals surface area contributed by atoms with Crippen LogP contribution >= 0.6 is 11.6 Å². The minimum Gasteiger partial charge on any atom is -0.454 e. The number of rotatable bonds is 4. The number of anilines is 1. The summed E-state index contributed by atoms with van der Waals surface area (Å²) in [6.07, 6.45) is 0. The molecule has 0 unspecified atom stereocenters. The number of nitrogens with one attached hydrogen (secondary N) is 2. The summed E-state index contributed by atoms with van der Waals surface area (Å²) in [5.74, 6) is 0.890. The molecule has 1 aliphatic rings. The Morgan fingerprint density at radius 1 is 0.966 bits per heavy atom. The normalized spacial score (nSPS) is 15.4. The number of halogens is 1. The van der Waals surface area contributed by atoms with E-state index in [-0.39, 0.29) is 16.9 Å². The molecule has 0 spiro atoms. The van der Waals surface area contributed by atoms with Gasteiger partial charge in [0.15, 0.2) is 5.75 Å². The molecule has 0 aromatic heterocycles. The molecule has 0 radical (unpaired) electrons. The summed E-state index contributed by atoms with van der Waals surface area (Å²) in [7, 11) is -3.89. The Morgan fingerprint density at radius 2 is 1.66 bits per heavy atom. The van der Waals surface area contributed by atoms with Crippen LogP contribution in [0.25, 0.3) is 0 Å². The zero-order valence-corrected chi connectivity index (χ0v) is 17.0. The smallest absolute Gasteiger partial charge is 0.287 e. The van der Waals surface area contributed by atoms with Gasteiger partial charge in [0.1, 0.15) is 16.3 Å². The van der Waals surface area contributed by atoms with Crippen molar-refractivity contribution >= 4 is 33.3 Å². The summed E-state index contributed by atoms with van der Waals surface area (Å²) < 4.78 is 35.2. The molecule has 1 atom stereocenters. The predicted molar refractivity (Wildman–Crippen MR) is 114 cm³/mol. The van der Waals surface area contributed by atoms with Crippen molar-refractivity contribution in [1.29, 1.82) is 0 Å².